The topological polar surface area (TPSA) is 12.0 Å². The maximum atomic E-state index is 3.73. The average molecular weight is 251 g/mol. The molecular formula is C17H33N. The van der Waals surface area contributed by atoms with E-state index < -0.39 is 0 Å². The summed E-state index contributed by atoms with van der Waals surface area (Å²) in [5, 5.41) is 3.73. The first-order valence-electron chi connectivity index (χ1n) is 8.54. The molecule has 2 aliphatic rings. The molecule has 2 aliphatic carbocycles. The summed E-state index contributed by atoms with van der Waals surface area (Å²) in [5.41, 5.74) is 0. The monoisotopic (exact) mass is 251 g/mol. The van der Waals surface area contributed by atoms with E-state index in [1.165, 1.54) is 70.6 Å². The maximum Gasteiger partial charge on any atom is 0.0123 e. The summed E-state index contributed by atoms with van der Waals surface area (Å²) in [6.07, 6.45) is 16.2. The largest absolute Gasteiger partial charge is 0.316 e. The van der Waals surface area contributed by atoms with Crippen molar-refractivity contribution in [3.8, 4) is 0 Å². The molecule has 3 unspecified atom stereocenters. The fraction of sp³-hybridized carbons (Fsp3) is 1.00. The first-order chi connectivity index (χ1) is 8.86. The van der Waals surface area contributed by atoms with Crippen LogP contribution >= 0.6 is 0 Å². The van der Waals surface area contributed by atoms with Gasteiger partial charge in [-0.15, -0.1) is 0 Å². The van der Waals surface area contributed by atoms with Gasteiger partial charge in [-0.05, 0) is 44.1 Å². The zero-order chi connectivity index (χ0) is 12.8. The minimum atomic E-state index is 0.813. The van der Waals surface area contributed by atoms with Gasteiger partial charge in [0.1, 0.15) is 0 Å². The number of hydrogen-bond acceptors (Lipinski definition) is 1. The lowest BCUT2D eigenvalue weighted by Crippen LogP contribution is -2.44. The molecule has 0 bridgehead atoms. The lowest BCUT2D eigenvalue weighted by atomic mass is 9.69. The molecule has 2 fully saturated rings. The molecule has 2 saturated carbocycles. The fourth-order valence-corrected chi connectivity index (χ4v) is 4.69. The summed E-state index contributed by atoms with van der Waals surface area (Å²) in [6, 6.07) is 0.813. The van der Waals surface area contributed by atoms with E-state index in [2.05, 4.69) is 19.3 Å². The lowest BCUT2D eigenvalue weighted by Gasteiger charge is -2.40. The zero-order valence-corrected chi connectivity index (χ0v) is 12.6. The van der Waals surface area contributed by atoms with Crippen LogP contribution in [0.25, 0.3) is 0 Å². The lowest BCUT2D eigenvalue weighted by molar-refractivity contribution is 0.135. The second-order valence-corrected chi connectivity index (χ2v) is 6.68. The predicted octanol–water partition coefficient (Wildman–Crippen LogP) is 4.76. The molecule has 3 atom stereocenters. The van der Waals surface area contributed by atoms with Gasteiger partial charge in [0.25, 0.3) is 0 Å². The summed E-state index contributed by atoms with van der Waals surface area (Å²) in [4.78, 5) is 0. The third-order valence-corrected chi connectivity index (χ3v) is 5.69. The molecule has 0 aromatic heterocycles. The molecule has 0 aromatic rings. The molecule has 0 spiro atoms. The quantitative estimate of drug-likeness (QED) is 0.710. The smallest absolute Gasteiger partial charge is 0.0123 e. The van der Waals surface area contributed by atoms with Crippen LogP contribution in [0.1, 0.15) is 77.6 Å². The molecule has 1 heteroatoms. The van der Waals surface area contributed by atoms with Crippen molar-refractivity contribution in [1.82, 2.24) is 5.32 Å². The van der Waals surface area contributed by atoms with Crippen LogP contribution in [0, 0.1) is 17.8 Å². The molecule has 2 rings (SSSR count). The molecule has 0 aliphatic heterocycles. The molecule has 0 saturated heterocycles. The molecule has 1 N–H and O–H groups in total. The fourth-order valence-electron chi connectivity index (χ4n) is 4.69. The van der Waals surface area contributed by atoms with Crippen LogP contribution in [0.2, 0.25) is 0 Å². The second-order valence-electron chi connectivity index (χ2n) is 6.68. The van der Waals surface area contributed by atoms with E-state index in [0.29, 0.717) is 0 Å². The van der Waals surface area contributed by atoms with Crippen LogP contribution in [0.15, 0.2) is 0 Å². The summed E-state index contributed by atoms with van der Waals surface area (Å²) in [6.45, 7) is 2.41. The Hall–Kier alpha value is -0.0400. The van der Waals surface area contributed by atoms with Crippen molar-refractivity contribution in [3.63, 3.8) is 0 Å². The molecule has 18 heavy (non-hydrogen) atoms. The first-order valence-corrected chi connectivity index (χ1v) is 8.54. The average Bonchev–Trinajstić information content (AvgIpc) is 2.69. The van der Waals surface area contributed by atoms with Crippen molar-refractivity contribution in [2.45, 2.75) is 83.6 Å². The highest BCUT2D eigenvalue weighted by atomic mass is 14.9. The summed E-state index contributed by atoms with van der Waals surface area (Å²) in [5.74, 6) is 2.94. The summed E-state index contributed by atoms with van der Waals surface area (Å²) >= 11 is 0. The predicted molar refractivity (Wildman–Crippen MR) is 79.8 cm³/mol. The normalized spacial score (nSPS) is 33.0. The van der Waals surface area contributed by atoms with Gasteiger partial charge in [-0.25, -0.2) is 0 Å². The van der Waals surface area contributed by atoms with Gasteiger partial charge in [-0.1, -0.05) is 58.3 Å². The molecule has 0 aromatic carbocycles. The molecule has 106 valence electrons. The Balaban J connectivity index is 2.00. The van der Waals surface area contributed by atoms with Crippen molar-refractivity contribution in [2.75, 3.05) is 7.05 Å². The molecular weight excluding hydrogens is 218 g/mol. The van der Waals surface area contributed by atoms with Gasteiger partial charge in [0.15, 0.2) is 0 Å². The number of nitrogens with one attached hydrogen (secondary N) is 1. The number of rotatable bonds is 4. The van der Waals surface area contributed by atoms with Crippen molar-refractivity contribution in [2.24, 2.45) is 17.8 Å². The van der Waals surface area contributed by atoms with Crippen LogP contribution < -0.4 is 5.32 Å². The van der Waals surface area contributed by atoms with E-state index in [-0.39, 0.29) is 0 Å². The zero-order valence-electron chi connectivity index (χ0n) is 12.6. The highest BCUT2D eigenvalue weighted by Gasteiger charge is 2.34. The highest BCUT2D eigenvalue weighted by molar-refractivity contribution is 4.88. The van der Waals surface area contributed by atoms with Gasteiger partial charge >= 0.3 is 0 Å². The maximum absolute atomic E-state index is 3.73. The molecule has 0 radical (unpaired) electrons. The van der Waals surface area contributed by atoms with Gasteiger partial charge < -0.3 is 5.32 Å². The standard InChI is InChI=1S/C17H33N/c1-3-14-10-8-9-13-16(14)17(18-2)15-11-6-4-5-7-12-15/h14-18H,3-13H2,1-2H3. The van der Waals surface area contributed by atoms with Crippen LogP contribution in [0.5, 0.6) is 0 Å². The SMILES string of the molecule is CCC1CCCCC1C(NC)C1CCCCCC1. The van der Waals surface area contributed by atoms with Crippen molar-refractivity contribution < 1.29 is 0 Å². The van der Waals surface area contributed by atoms with Gasteiger partial charge in [0.05, 0.1) is 0 Å². The van der Waals surface area contributed by atoms with Gasteiger partial charge in [0.2, 0.25) is 0 Å². The van der Waals surface area contributed by atoms with Gasteiger partial charge in [-0.2, -0.15) is 0 Å². The van der Waals surface area contributed by atoms with E-state index in [1.807, 2.05) is 0 Å². The highest BCUT2D eigenvalue weighted by Crippen LogP contribution is 2.39. The Morgan fingerprint density at radius 2 is 1.50 bits per heavy atom. The van der Waals surface area contributed by atoms with E-state index in [0.717, 1.165) is 23.8 Å². The van der Waals surface area contributed by atoms with Crippen molar-refractivity contribution >= 4 is 0 Å². The minimum Gasteiger partial charge on any atom is -0.316 e. The first kappa shape index (κ1) is 14.4. The van der Waals surface area contributed by atoms with E-state index in [9.17, 15) is 0 Å². The van der Waals surface area contributed by atoms with Crippen LogP contribution in [0.4, 0.5) is 0 Å². The second kappa shape index (κ2) is 7.53. The number of hydrogen-bond donors (Lipinski definition) is 1. The van der Waals surface area contributed by atoms with Gasteiger partial charge in [0, 0.05) is 6.04 Å². The Bertz CT molecular complexity index is 218. The molecule has 0 amide bonds. The molecule has 1 nitrogen and oxygen atoms in total. The third-order valence-electron chi connectivity index (χ3n) is 5.69. The van der Waals surface area contributed by atoms with E-state index in [4.69, 9.17) is 0 Å². The van der Waals surface area contributed by atoms with E-state index >= 15 is 0 Å². The Morgan fingerprint density at radius 3 is 2.11 bits per heavy atom. The summed E-state index contributed by atoms with van der Waals surface area (Å²) < 4.78 is 0. The van der Waals surface area contributed by atoms with E-state index in [1.54, 1.807) is 0 Å². The van der Waals surface area contributed by atoms with Crippen LogP contribution in [-0.2, 0) is 0 Å². The van der Waals surface area contributed by atoms with Gasteiger partial charge in [-0.3, -0.25) is 0 Å². The minimum absolute atomic E-state index is 0.813. The van der Waals surface area contributed by atoms with Crippen molar-refractivity contribution in [1.29, 1.82) is 0 Å². The van der Waals surface area contributed by atoms with Crippen molar-refractivity contribution in [3.05, 3.63) is 0 Å². The van der Waals surface area contributed by atoms with Crippen LogP contribution in [0.3, 0.4) is 0 Å². The molecule has 0 heterocycles. The Morgan fingerprint density at radius 1 is 0.889 bits per heavy atom. The third kappa shape index (κ3) is 3.50. The Kier molecular flexibility index (Phi) is 6.01. The summed E-state index contributed by atoms with van der Waals surface area (Å²) in [7, 11) is 2.22. The Labute approximate surface area is 114 Å². The van der Waals surface area contributed by atoms with Crippen LogP contribution in [-0.4, -0.2) is 13.1 Å².